The van der Waals surface area contributed by atoms with Crippen molar-refractivity contribution in [3.63, 3.8) is 0 Å². The number of hydrogen-bond donors (Lipinski definition) is 0. The van der Waals surface area contributed by atoms with Gasteiger partial charge < -0.3 is 17.8 Å². The first-order chi connectivity index (χ1) is 36.5. The zero-order chi connectivity index (χ0) is 57.4. The smallest absolute Gasteiger partial charge is 0.416 e. The van der Waals surface area contributed by atoms with Crippen LogP contribution in [-0.2, 0) is 45.4 Å². The molecule has 0 aliphatic carbocycles. The summed E-state index contributed by atoms with van der Waals surface area (Å²) in [6, 6.07) is 12.2. The summed E-state index contributed by atoms with van der Waals surface area (Å²) in [5.74, 6) is -30.0. The molecule has 6 aromatic carbocycles. The molecular weight excluding hydrogens is 1130 g/mol. The van der Waals surface area contributed by atoms with Crippen molar-refractivity contribution in [1.29, 1.82) is 0 Å². The summed E-state index contributed by atoms with van der Waals surface area (Å²) < 4.78 is 312. The number of ether oxygens (including phenoxy) is 2. The SMILES string of the molecule is O=S(=O)(Oc1c(F)c(F)c(F)c(F)c1F)c1ccc2c(c1)OCC[C@@H]2c1ccc(C(F)(F)F)cc1CCCF.O=S(=O)(Oc1c(F)c(F)c(F)c(F)c1F)c1ccc2c(c1)OCC[C@H]2c1ccc(C(F)(F)F)cc1CCCF. The predicted molar refractivity (Wildman–Crippen MR) is 236 cm³/mol. The zero-order valence-corrected chi connectivity index (χ0v) is 40.7. The van der Waals surface area contributed by atoms with Gasteiger partial charge in [0.25, 0.3) is 0 Å². The summed E-state index contributed by atoms with van der Waals surface area (Å²) in [5, 5.41) is 0. The molecule has 0 radical (unpaired) electrons. The van der Waals surface area contributed by atoms with Gasteiger partial charge in [-0.1, -0.05) is 24.3 Å². The average molecular weight is 1170 g/mol. The molecule has 2 heterocycles. The quantitative estimate of drug-likeness (QED) is 0.0460. The Bertz CT molecular complexity index is 3210. The minimum atomic E-state index is -5.14. The highest BCUT2D eigenvalue weighted by molar-refractivity contribution is 7.87. The van der Waals surface area contributed by atoms with E-state index in [4.69, 9.17) is 9.47 Å². The van der Waals surface area contributed by atoms with Crippen molar-refractivity contribution in [1.82, 2.24) is 0 Å². The maximum Gasteiger partial charge on any atom is 0.416 e. The highest BCUT2D eigenvalue weighted by atomic mass is 32.2. The Morgan fingerprint density at radius 1 is 0.436 bits per heavy atom. The molecule has 0 unspecified atom stereocenters. The maximum atomic E-state index is 14.0. The van der Waals surface area contributed by atoms with Gasteiger partial charge in [0.05, 0.1) is 37.7 Å². The van der Waals surface area contributed by atoms with E-state index >= 15 is 0 Å². The van der Waals surface area contributed by atoms with Gasteiger partial charge in [0.15, 0.2) is 0 Å². The van der Waals surface area contributed by atoms with E-state index in [1.807, 2.05) is 0 Å². The summed E-state index contributed by atoms with van der Waals surface area (Å²) in [6.45, 7) is -1.54. The summed E-state index contributed by atoms with van der Waals surface area (Å²) in [6.07, 6.45) is -8.77. The van der Waals surface area contributed by atoms with E-state index in [1.54, 1.807) is 0 Å². The lowest BCUT2D eigenvalue weighted by molar-refractivity contribution is -0.138. The minimum absolute atomic E-state index is 0.00463. The molecule has 0 saturated heterocycles. The third-order valence-corrected chi connectivity index (χ3v) is 14.6. The Morgan fingerprint density at radius 2 is 0.744 bits per heavy atom. The van der Waals surface area contributed by atoms with E-state index in [9.17, 15) is 95.9 Å². The number of hydrogen-bond acceptors (Lipinski definition) is 8. The molecule has 0 bridgehead atoms. The predicted octanol–water partition coefficient (Wildman–Crippen LogP) is 14.0. The van der Waals surface area contributed by atoms with Crippen molar-refractivity contribution < 1.29 is 114 Å². The molecule has 28 heteroatoms. The summed E-state index contributed by atoms with van der Waals surface area (Å²) in [4.78, 5) is -1.51. The first-order valence-electron chi connectivity index (χ1n) is 22.5. The van der Waals surface area contributed by atoms with Crippen LogP contribution in [0.1, 0.15) is 82.0 Å². The van der Waals surface area contributed by atoms with Gasteiger partial charge in [-0.25, -0.2) is 26.3 Å². The van der Waals surface area contributed by atoms with Crippen LogP contribution in [0.3, 0.4) is 0 Å². The van der Waals surface area contributed by atoms with Crippen LogP contribution in [0, 0.1) is 58.2 Å². The fourth-order valence-electron chi connectivity index (χ4n) is 8.52. The van der Waals surface area contributed by atoms with Crippen molar-refractivity contribution in [2.24, 2.45) is 0 Å². The van der Waals surface area contributed by atoms with Crippen LogP contribution in [-0.4, -0.2) is 43.4 Å². The second-order valence-corrected chi connectivity index (χ2v) is 20.2. The molecule has 0 spiro atoms. The van der Waals surface area contributed by atoms with Crippen molar-refractivity contribution in [2.75, 3.05) is 26.6 Å². The van der Waals surface area contributed by atoms with Crippen LogP contribution < -0.4 is 17.8 Å². The van der Waals surface area contributed by atoms with Crippen molar-refractivity contribution in [3.8, 4) is 23.0 Å². The summed E-state index contributed by atoms with van der Waals surface area (Å²) in [5.41, 5.74) is 0.218. The van der Waals surface area contributed by atoms with Gasteiger partial charge >= 0.3 is 32.6 Å². The fourth-order valence-corrected chi connectivity index (χ4v) is 10.4. The lowest BCUT2D eigenvalue weighted by Crippen LogP contribution is -2.19. The molecule has 2 aliphatic heterocycles. The standard InChI is InChI=1S/2C25H17F9O4S/c2*26-8-1-2-12-10-13(25(32,33)34)3-5-15(12)16-7-9-37-18-11-14(4-6-17(16)18)39(35,36)38-24-22(30)20(28)19(27)21(29)23(24)31/h2*3-6,10-11,16H,1-2,7-9H2/t2*16-/m10/s1. The van der Waals surface area contributed by atoms with Gasteiger partial charge in [-0.3, -0.25) is 8.78 Å². The van der Waals surface area contributed by atoms with E-state index in [0.717, 1.165) is 48.5 Å². The average Bonchev–Trinajstić information content (AvgIpc) is 3.54. The van der Waals surface area contributed by atoms with Gasteiger partial charge in [-0.2, -0.15) is 60.7 Å². The molecule has 0 aromatic heterocycles. The highest BCUT2D eigenvalue weighted by Gasteiger charge is 2.37. The molecule has 0 fully saturated rings. The zero-order valence-electron chi connectivity index (χ0n) is 39.0. The minimum Gasteiger partial charge on any atom is -0.493 e. The van der Waals surface area contributed by atoms with Crippen LogP contribution in [0.25, 0.3) is 0 Å². The fraction of sp³-hybridized carbons (Fsp3) is 0.280. The van der Waals surface area contributed by atoms with Gasteiger partial charge in [-0.15, -0.1) is 0 Å². The van der Waals surface area contributed by atoms with E-state index in [1.165, 1.54) is 24.3 Å². The second-order valence-electron chi connectivity index (χ2n) is 17.1. The third kappa shape index (κ3) is 12.1. The normalized spacial score (nSPS) is 15.6. The lowest BCUT2D eigenvalue weighted by Gasteiger charge is -2.28. The van der Waals surface area contributed by atoms with E-state index in [0.29, 0.717) is 22.3 Å². The third-order valence-electron chi connectivity index (χ3n) is 12.2. The molecule has 8 rings (SSSR count). The number of halogens is 18. The largest absolute Gasteiger partial charge is 0.493 e. The Labute approximate surface area is 430 Å². The first-order valence-corrected chi connectivity index (χ1v) is 25.3. The van der Waals surface area contributed by atoms with E-state index < -0.39 is 148 Å². The Kier molecular flexibility index (Phi) is 17.2. The van der Waals surface area contributed by atoms with Gasteiger partial charge in [-0.05, 0) is 97.2 Å². The first kappa shape index (κ1) is 58.8. The molecule has 8 nitrogen and oxygen atoms in total. The maximum absolute atomic E-state index is 14.0. The lowest BCUT2D eigenvalue weighted by atomic mass is 9.82. The highest BCUT2D eigenvalue weighted by Crippen LogP contribution is 2.45. The Hall–Kier alpha value is -6.84. The number of alkyl halides is 8. The van der Waals surface area contributed by atoms with Crippen molar-refractivity contribution in [2.45, 2.75) is 72.5 Å². The van der Waals surface area contributed by atoms with Crippen molar-refractivity contribution >= 4 is 20.2 Å². The number of rotatable bonds is 14. The monoisotopic (exact) mass is 1170 g/mol. The number of fused-ring (bicyclic) bond motifs is 2. The topological polar surface area (TPSA) is 105 Å². The van der Waals surface area contributed by atoms with Crippen LogP contribution in [0.5, 0.6) is 23.0 Å². The molecule has 0 N–H and O–H groups in total. The molecule has 420 valence electrons. The van der Waals surface area contributed by atoms with Gasteiger partial charge in [0.2, 0.25) is 69.7 Å². The van der Waals surface area contributed by atoms with Crippen LogP contribution >= 0.6 is 0 Å². The van der Waals surface area contributed by atoms with E-state index in [-0.39, 0.29) is 74.4 Å². The Morgan fingerprint density at radius 3 is 1.05 bits per heavy atom. The second kappa shape index (κ2) is 22.9. The molecule has 78 heavy (non-hydrogen) atoms. The molecule has 2 atom stereocenters. The van der Waals surface area contributed by atoms with Crippen LogP contribution in [0.15, 0.2) is 82.6 Å². The molecule has 2 aliphatic rings. The summed E-state index contributed by atoms with van der Waals surface area (Å²) in [7, 11) is -10.3. The summed E-state index contributed by atoms with van der Waals surface area (Å²) >= 11 is 0. The van der Waals surface area contributed by atoms with Gasteiger partial charge in [0, 0.05) is 35.1 Å². The molecular formula is C50H34F18O8S2. The number of aryl methyl sites for hydroxylation is 2. The van der Waals surface area contributed by atoms with Crippen LogP contribution in [0.4, 0.5) is 79.0 Å². The Balaban J connectivity index is 0.000000226. The van der Waals surface area contributed by atoms with Crippen LogP contribution in [0.2, 0.25) is 0 Å². The van der Waals surface area contributed by atoms with Gasteiger partial charge in [0.1, 0.15) is 21.3 Å². The van der Waals surface area contributed by atoms with Crippen molar-refractivity contribution in [3.05, 3.63) is 175 Å². The number of benzene rings is 6. The molecule has 6 aromatic rings. The molecule has 0 amide bonds. The molecule has 0 saturated carbocycles. The van der Waals surface area contributed by atoms with E-state index in [2.05, 4.69) is 8.37 Å².